The lowest BCUT2D eigenvalue weighted by Crippen LogP contribution is -2.31. The number of carbonyl (C=O) groups excluding carboxylic acids is 2. The van der Waals surface area contributed by atoms with Crippen molar-refractivity contribution in [1.82, 2.24) is 5.32 Å². The van der Waals surface area contributed by atoms with Gasteiger partial charge in [-0.25, -0.2) is 4.79 Å². The quantitative estimate of drug-likeness (QED) is 0.396. The van der Waals surface area contributed by atoms with Crippen molar-refractivity contribution in [2.45, 2.75) is 42.7 Å². The van der Waals surface area contributed by atoms with Crippen LogP contribution in [0, 0.1) is 0 Å². The Morgan fingerprint density at radius 1 is 1.00 bits per heavy atom. The predicted molar refractivity (Wildman–Crippen MR) is 137 cm³/mol. The molecular formula is C27H29N3O3S. The molecule has 3 amide bonds. The van der Waals surface area contributed by atoms with Gasteiger partial charge in [0.05, 0.1) is 23.9 Å². The van der Waals surface area contributed by atoms with Crippen LogP contribution < -0.4 is 15.5 Å². The maximum atomic E-state index is 13.6. The molecule has 7 heteroatoms. The third-order valence-electron chi connectivity index (χ3n) is 5.33. The van der Waals surface area contributed by atoms with Gasteiger partial charge in [0.1, 0.15) is 0 Å². The molecule has 0 saturated heterocycles. The molecule has 1 aliphatic heterocycles. The van der Waals surface area contributed by atoms with Crippen molar-refractivity contribution < 1.29 is 14.3 Å². The average molecular weight is 476 g/mol. The highest BCUT2D eigenvalue weighted by Crippen LogP contribution is 2.43. The summed E-state index contributed by atoms with van der Waals surface area (Å²) >= 11 is 1.57. The number of benzene rings is 3. The number of amides is 3. The van der Waals surface area contributed by atoms with Gasteiger partial charge in [-0.15, -0.1) is 0 Å². The molecule has 0 aliphatic carbocycles. The largest absolute Gasteiger partial charge is 0.379 e. The normalized spacial score (nSPS) is 12.7. The van der Waals surface area contributed by atoms with Crippen LogP contribution in [0.5, 0.6) is 0 Å². The molecule has 0 spiro atoms. The van der Waals surface area contributed by atoms with Gasteiger partial charge in [0.2, 0.25) is 0 Å². The molecule has 0 radical (unpaired) electrons. The Bertz CT molecular complexity index is 1150. The lowest BCUT2D eigenvalue weighted by molar-refractivity contribution is 0.0774. The molecule has 1 heterocycles. The Balaban J connectivity index is 1.54. The number of fused-ring (bicyclic) bond motifs is 2. The maximum Gasteiger partial charge on any atom is 0.319 e. The van der Waals surface area contributed by atoms with Gasteiger partial charge in [0, 0.05) is 28.6 Å². The SMILES string of the molecule is CC(C)OCCCNC(=O)Nc1ccc2c(c1)N(Cc1ccccc1)C(=O)c1ccccc1S2. The van der Waals surface area contributed by atoms with Gasteiger partial charge < -0.3 is 20.3 Å². The molecule has 0 atom stereocenters. The number of nitrogens with one attached hydrogen (secondary N) is 2. The van der Waals surface area contributed by atoms with Crippen molar-refractivity contribution in [1.29, 1.82) is 0 Å². The Labute approximate surface area is 204 Å². The zero-order valence-electron chi connectivity index (χ0n) is 19.4. The van der Waals surface area contributed by atoms with Crippen molar-refractivity contribution in [2.24, 2.45) is 0 Å². The van der Waals surface area contributed by atoms with Gasteiger partial charge >= 0.3 is 6.03 Å². The Morgan fingerprint density at radius 2 is 1.76 bits per heavy atom. The summed E-state index contributed by atoms with van der Waals surface area (Å²) < 4.78 is 5.50. The third kappa shape index (κ3) is 5.98. The van der Waals surface area contributed by atoms with E-state index in [1.165, 1.54) is 0 Å². The maximum absolute atomic E-state index is 13.6. The van der Waals surface area contributed by atoms with Crippen LogP contribution in [0.1, 0.15) is 36.2 Å². The number of rotatable bonds is 8. The summed E-state index contributed by atoms with van der Waals surface area (Å²) in [5, 5.41) is 5.75. The van der Waals surface area contributed by atoms with Gasteiger partial charge in [-0.05, 0) is 56.2 Å². The standard InChI is InChI=1S/C27H29N3O3S/c1-19(2)33-16-8-15-28-27(32)29-21-13-14-25-23(17-21)30(18-20-9-4-3-5-10-20)26(31)22-11-6-7-12-24(22)34-25/h3-7,9-14,17,19H,8,15-16,18H2,1-2H3,(H2,28,29,32). The zero-order valence-corrected chi connectivity index (χ0v) is 20.2. The van der Waals surface area contributed by atoms with Gasteiger partial charge in [0.15, 0.2) is 0 Å². The number of nitrogens with zero attached hydrogens (tertiary/aromatic N) is 1. The fourth-order valence-corrected chi connectivity index (χ4v) is 4.75. The van der Waals surface area contributed by atoms with E-state index in [1.807, 2.05) is 86.6 Å². The van der Waals surface area contributed by atoms with E-state index in [9.17, 15) is 9.59 Å². The molecule has 3 aromatic carbocycles. The molecule has 0 fully saturated rings. The van der Waals surface area contributed by atoms with Crippen LogP contribution in [0.2, 0.25) is 0 Å². The number of ether oxygens (including phenoxy) is 1. The third-order valence-corrected chi connectivity index (χ3v) is 6.47. The molecule has 0 aromatic heterocycles. The summed E-state index contributed by atoms with van der Waals surface area (Å²) in [6, 6.07) is 23.0. The summed E-state index contributed by atoms with van der Waals surface area (Å²) in [6.45, 7) is 5.54. The van der Waals surface area contributed by atoms with E-state index in [1.54, 1.807) is 16.7 Å². The molecule has 0 saturated carbocycles. The lowest BCUT2D eigenvalue weighted by atomic mass is 10.1. The Hall–Kier alpha value is -3.29. The van der Waals surface area contributed by atoms with Crippen LogP contribution >= 0.6 is 11.8 Å². The number of hydrogen-bond donors (Lipinski definition) is 2. The monoisotopic (exact) mass is 475 g/mol. The van der Waals surface area contributed by atoms with Crippen molar-refractivity contribution in [3.05, 3.63) is 83.9 Å². The highest BCUT2D eigenvalue weighted by atomic mass is 32.2. The first-order valence-corrected chi connectivity index (χ1v) is 12.3. The van der Waals surface area contributed by atoms with Crippen molar-refractivity contribution in [3.63, 3.8) is 0 Å². The summed E-state index contributed by atoms with van der Waals surface area (Å²) in [5.41, 5.74) is 3.12. The zero-order chi connectivity index (χ0) is 23.9. The summed E-state index contributed by atoms with van der Waals surface area (Å²) in [6.07, 6.45) is 0.920. The van der Waals surface area contributed by atoms with Gasteiger partial charge in [-0.2, -0.15) is 0 Å². The van der Waals surface area contributed by atoms with Crippen LogP contribution in [-0.2, 0) is 11.3 Å². The Morgan fingerprint density at radius 3 is 2.56 bits per heavy atom. The van der Waals surface area contributed by atoms with Crippen molar-refractivity contribution in [3.8, 4) is 0 Å². The number of carbonyl (C=O) groups is 2. The van der Waals surface area contributed by atoms with Crippen LogP contribution in [0.4, 0.5) is 16.2 Å². The van der Waals surface area contributed by atoms with E-state index >= 15 is 0 Å². The van der Waals surface area contributed by atoms with Crippen molar-refractivity contribution in [2.75, 3.05) is 23.4 Å². The molecule has 176 valence electrons. The number of anilines is 2. The van der Waals surface area contributed by atoms with E-state index < -0.39 is 0 Å². The summed E-state index contributed by atoms with van der Waals surface area (Å²) in [4.78, 5) is 29.7. The molecule has 2 N–H and O–H groups in total. The molecular weight excluding hydrogens is 446 g/mol. The minimum absolute atomic E-state index is 0.0579. The average Bonchev–Trinajstić information content (AvgIpc) is 2.94. The highest BCUT2D eigenvalue weighted by Gasteiger charge is 2.27. The van der Waals surface area contributed by atoms with E-state index in [4.69, 9.17) is 4.74 Å². The molecule has 1 aliphatic rings. The topological polar surface area (TPSA) is 70.7 Å². The predicted octanol–water partition coefficient (Wildman–Crippen LogP) is 5.93. The smallest absolute Gasteiger partial charge is 0.319 e. The fourth-order valence-electron chi connectivity index (χ4n) is 3.69. The van der Waals surface area contributed by atoms with Gasteiger partial charge in [0.25, 0.3) is 5.91 Å². The van der Waals surface area contributed by atoms with E-state index in [0.29, 0.717) is 30.9 Å². The summed E-state index contributed by atoms with van der Waals surface area (Å²) in [5.74, 6) is -0.0579. The van der Waals surface area contributed by atoms with Crippen molar-refractivity contribution >= 4 is 35.1 Å². The Kier molecular flexibility index (Phi) is 7.87. The summed E-state index contributed by atoms with van der Waals surface area (Å²) in [7, 11) is 0. The molecule has 34 heavy (non-hydrogen) atoms. The first-order valence-electron chi connectivity index (χ1n) is 11.4. The minimum Gasteiger partial charge on any atom is -0.379 e. The lowest BCUT2D eigenvalue weighted by Gasteiger charge is -2.24. The molecule has 6 nitrogen and oxygen atoms in total. The molecule has 0 unspecified atom stereocenters. The van der Waals surface area contributed by atoms with Crippen LogP contribution in [0.15, 0.2) is 82.6 Å². The highest BCUT2D eigenvalue weighted by molar-refractivity contribution is 7.99. The van der Waals surface area contributed by atoms with E-state index in [2.05, 4.69) is 10.6 Å². The van der Waals surface area contributed by atoms with Crippen LogP contribution in [0.3, 0.4) is 0 Å². The van der Waals surface area contributed by atoms with Crippen LogP contribution in [0.25, 0.3) is 0 Å². The van der Waals surface area contributed by atoms with Crippen LogP contribution in [-0.4, -0.2) is 31.2 Å². The van der Waals surface area contributed by atoms with Gasteiger partial charge in [-0.1, -0.05) is 54.2 Å². The molecule has 0 bridgehead atoms. The molecule has 4 rings (SSSR count). The second-order valence-corrected chi connectivity index (χ2v) is 9.40. The second-order valence-electron chi connectivity index (χ2n) is 8.31. The fraction of sp³-hybridized carbons (Fsp3) is 0.259. The first kappa shape index (κ1) is 23.9. The minimum atomic E-state index is -0.282. The number of hydrogen-bond acceptors (Lipinski definition) is 4. The second kappa shape index (κ2) is 11.2. The van der Waals surface area contributed by atoms with Gasteiger partial charge in [-0.3, -0.25) is 4.79 Å². The molecule has 3 aromatic rings. The number of urea groups is 1. The van der Waals surface area contributed by atoms with E-state index in [0.717, 1.165) is 27.5 Å². The first-order chi connectivity index (χ1) is 16.5. The van der Waals surface area contributed by atoms with E-state index in [-0.39, 0.29) is 18.0 Å².